The average molecular weight is 280 g/mol. The first-order chi connectivity index (χ1) is 10.0. The smallest absolute Gasteiger partial charge is 0.348 e. The van der Waals surface area contributed by atoms with Crippen LogP contribution in [0, 0.1) is 13.8 Å². The Kier molecular flexibility index (Phi) is 3.17. The molecule has 0 fully saturated rings. The number of fused-ring (bicyclic) bond motifs is 1. The highest BCUT2D eigenvalue weighted by molar-refractivity contribution is 5.81. The molecule has 0 bridgehead atoms. The third-order valence-electron chi connectivity index (χ3n) is 3.51. The van der Waals surface area contributed by atoms with Crippen LogP contribution >= 0.6 is 0 Å². The van der Waals surface area contributed by atoms with Gasteiger partial charge in [-0.25, -0.2) is 9.78 Å². The molecular formula is C16H16N4O. The van der Waals surface area contributed by atoms with E-state index in [1.807, 2.05) is 50.2 Å². The molecule has 0 amide bonds. The molecule has 5 heteroatoms. The van der Waals surface area contributed by atoms with Crippen LogP contribution in [-0.4, -0.2) is 14.5 Å². The summed E-state index contributed by atoms with van der Waals surface area (Å²) in [5, 5.41) is 1.01. The summed E-state index contributed by atoms with van der Waals surface area (Å²) < 4.78 is 1.61. The second-order valence-electron chi connectivity index (χ2n) is 5.13. The van der Waals surface area contributed by atoms with E-state index in [-0.39, 0.29) is 5.69 Å². The zero-order valence-corrected chi connectivity index (χ0v) is 12.0. The molecule has 3 aromatic rings. The lowest BCUT2D eigenvalue weighted by Gasteiger charge is -2.12. The van der Waals surface area contributed by atoms with Crippen LogP contribution in [0.4, 0.5) is 5.82 Å². The van der Waals surface area contributed by atoms with Crippen LogP contribution in [0.15, 0.2) is 41.2 Å². The fourth-order valence-electron chi connectivity index (χ4n) is 2.44. The van der Waals surface area contributed by atoms with Crippen molar-refractivity contribution < 1.29 is 0 Å². The van der Waals surface area contributed by atoms with Crippen molar-refractivity contribution in [3.8, 4) is 0 Å². The standard InChI is InChI=1S/C16H16N4O/c1-10-7-11(2)20(16(21)18-10)9-13-8-12-5-3-4-6-14(12)19-15(13)17/h3-8H,9H2,1-2H3,(H2,17,19). The highest BCUT2D eigenvalue weighted by Gasteiger charge is 2.08. The largest absolute Gasteiger partial charge is 0.383 e. The molecule has 3 rings (SSSR count). The van der Waals surface area contributed by atoms with Gasteiger partial charge < -0.3 is 5.73 Å². The molecular weight excluding hydrogens is 264 g/mol. The van der Waals surface area contributed by atoms with Gasteiger partial charge in [-0.3, -0.25) is 4.57 Å². The van der Waals surface area contributed by atoms with E-state index >= 15 is 0 Å². The van der Waals surface area contributed by atoms with Gasteiger partial charge in [0, 0.05) is 22.3 Å². The molecule has 2 heterocycles. The minimum atomic E-state index is -0.264. The van der Waals surface area contributed by atoms with E-state index in [0.717, 1.165) is 27.9 Å². The Hall–Kier alpha value is -2.69. The van der Waals surface area contributed by atoms with Gasteiger partial charge in [-0.2, -0.15) is 4.98 Å². The maximum Gasteiger partial charge on any atom is 0.348 e. The van der Waals surface area contributed by atoms with Crippen molar-refractivity contribution in [3.05, 3.63) is 63.8 Å². The molecule has 1 aromatic carbocycles. The van der Waals surface area contributed by atoms with Crippen molar-refractivity contribution in [1.82, 2.24) is 14.5 Å². The number of hydrogen-bond acceptors (Lipinski definition) is 4. The van der Waals surface area contributed by atoms with Gasteiger partial charge in [0.15, 0.2) is 0 Å². The van der Waals surface area contributed by atoms with Gasteiger partial charge in [0.1, 0.15) is 5.82 Å². The van der Waals surface area contributed by atoms with Gasteiger partial charge in [0.05, 0.1) is 12.1 Å². The van der Waals surface area contributed by atoms with Crippen molar-refractivity contribution in [2.45, 2.75) is 20.4 Å². The van der Waals surface area contributed by atoms with Crippen LogP contribution in [0.3, 0.4) is 0 Å². The number of nitrogens with zero attached hydrogens (tertiary/aromatic N) is 3. The summed E-state index contributed by atoms with van der Waals surface area (Å²) in [5.74, 6) is 0.445. The summed E-state index contributed by atoms with van der Waals surface area (Å²) in [4.78, 5) is 20.4. The van der Waals surface area contributed by atoms with Gasteiger partial charge in [-0.15, -0.1) is 0 Å². The summed E-state index contributed by atoms with van der Waals surface area (Å²) in [6.07, 6.45) is 0. The lowest BCUT2D eigenvalue weighted by molar-refractivity contribution is 0.694. The normalized spacial score (nSPS) is 11.0. The molecule has 0 aliphatic carbocycles. The van der Waals surface area contributed by atoms with Gasteiger partial charge in [-0.05, 0) is 32.0 Å². The van der Waals surface area contributed by atoms with Crippen LogP contribution in [0.25, 0.3) is 10.9 Å². The van der Waals surface area contributed by atoms with Crippen molar-refractivity contribution in [3.63, 3.8) is 0 Å². The van der Waals surface area contributed by atoms with Crippen LogP contribution in [-0.2, 0) is 6.54 Å². The summed E-state index contributed by atoms with van der Waals surface area (Å²) in [5.41, 5.74) is 9.01. The van der Waals surface area contributed by atoms with Crippen LogP contribution in [0.2, 0.25) is 0 Å². The number of hydrogen-bond donors (Lipinski definition) is 1. The first kappa shape index (κ1) is 13.3. The fourth-order valence-corrected chi connectivity index (χ4v) is 2.44. The second-order valence-corrected chi connectivity index (χ2v) is 5.13. The molecule has 0 radical (unpaired) electrons. The first-order valence-corrected chi connectivity index (χ1v) is 6.74. The lowest BCUT2D eigenvalue weighted by atomic mass is 10.1. The minimum absolute atomic E-state index is 0.264. The Morgan fingerprint density at radius 3 is 2.67 bits per heavy atom. The maximum absolute atomic E-state index is 12.0. The maximum atomic E-state index is 12.0. The zero-order chi connectivity index (χ0) is 15.0. The Balaban J connectivity index is 2.10. The summed E-state index contributed by atoms with van der Waals surface area (Å²) in [6.45, 7) is 4.08. The number of benzene rings is 1. The third kappa shape index (κ3) is 2.50. The summed E-state index contributed by atoms with van der Waals surface area (Å²) >= 11 is 0. The van der Waals surface area contributed by atoms with E-state index in [4.69, 9.17) is 5.73 Å². The predicted octanol–water partition coefficient (Wildman–Crippen LogP) is 2.04. The van der Waals surface area contributed by atoms with Gasteiger partial charge >= 0.3 is 5.69 Å². The van der Waals surface area contributed by atoms with E-state index in [2.05, 4.69) is 9.97 Å². The number of rotatable bonds is 2. The number of anilines is 1. The number of nitrogen functional groups attached to an aromatic ring is 1. The topological polar surface area (TPSA) is 73.8 Å². The Morgan fingerprint density at radius 1 is 1.14 bits per heavy atom. The average Bonchev–Trinajstić information content (AvgIpc) is 2.43. The molecule has 2 aromatic heterocycles. The SMILES string of the molecule is Cc1cc(C)n(Cc2cc3ccccc3nc2N)c(=O)n1. The quantitative estimate of drug-likeness (QED) is 0.779. The van der Waals surface area contributed by atoms with E-state index in [9.17, 15) is 4.79 Å². The highest BCUT2D eigenvalue weighted by Crippen LogP contribution is 2.19. The molecule has 106 valence electrons. The highest BCUT2D eigenvalue weighted by atomic mass is 16.1. The Morgan fingerprint density at radius 2 is 1.90 bits per heavy atom. The molecule has 5 nitrogen and oxygen atoms in total. The van der Waals surface area contributed by atoms with Gasteiger partial charge in [-0.1, -0.05) is 18.2 Å². The second kappa shape index (κ2) is 5.01. The van der Waals surface area contributed by atoms with Crippen molar-refractivity contribution in [1.29, 1.82) is 0 Å². The molecule has 0 saturated carbocycles. The Labute approximate surface area is 122 Å². The first-order valence-electron chi connectivity index (χ1n) is 6.74. The van der Waals surface area contributed by atoms with Crippen LogP contribution in [0.5, 0.6) is 0 Å². The zero-order valence-electron chi connectivity index (χ0n) is 12.0. The number of aromatic nitrogens is 3. The molecule has 0 aliphatic rings. The van der Waals surface area contributed by atoms with E-state index < -0.39 is 0 Å². The molecule has 0 saturated heterocycles. The predicted molar refractivity (Wildman–Crippen MR) is 83.2 cm³/mol. The number of aryl methyl sites for hydroxylation is 2. The van der Waals surface area contributed by atoms with E-state index in [1.165, 1.54) is 0 Å². The molecule has 0 aliphatic heterocycles. The third-order valence-corrected chi connectivity index (χ3v) is 3.51. The van der Waals surface area contributed by atoms with Crippen molar-refractivity contribution in [2.75, 3.05) is 5.73 Å². The fraction of sp³-hybridized carbons (Fsp3) is 0.188. The molecule has 21 heavy (non-hydrogen) atoms. The number of pyridine rings is 1. The molecule has 2 N–H and O–H groups in total. The van der Waals surface area contributed by atoms with Crippen molar-refractivity contribution >= 4 is 16.7 Å². The molecule has 0 atom stereocenters. The van der Waals surface area contributed by atoms with E-state index in [1.54, 1.807) is 4.57 Å². The number of para-hydroxylation sites is 1. The van der Waals surface area contributed by atoms with Crippen LogP contribution < -0.4 is 11.4 Å². The lowest BCUT2D eigenvalue weighted by Crippen LogP contribution is -2.26. The summed E-state index contributed by atoms with van der Waals surface area (Å²) in [6, 6.07) is 11.6. The monoisotopic (exact) mass is 280 g/mol. The minimum Gasteiger partial charge on any atom is -0.383 e. The van der Waals surface area contributed by atoms with Crippen molar-refractivity contribution in [2.24, 2.45) is 0 Å². The molecule has 0 spiro atoms. The summed E-state index contributed by atoms with van der Waals surface area (Å²) in [7, 11) is 0. The van der Waals surface area contributed by atoms with E-state index in [0.29, 0.717) is 12.4 Å². The Bertz CT molecular complexity index is 883. The van der Waals surface area contributed by atoms with Gasteiger partial charge in [0.2, 0.25) is 0 Å². The van der Waals surface area contributed by atoms with Gasteiger partial charge in [0.25, 0.3) is 0 Å². The molecule has 0 unspecified atom stereocenters. The van der Waals surface area contributed by atoms with Crippen LogP contribution in [0.1, 0.15) is 17.0 Å². The number of nitrogens with two attached hydrogens (primary N) is 1.